The maximum absolute atomic E-state index is 12.1. The van der Waals surface area contributed by atoms with Crippen LogP contribution >= 0.6 is 23.2 Å². The zero-order valence-electron chi connectivity index (χ0n) is 12.2. The van der Waals surface area contributed by atoms with E-state index in [1.165, 1.54) is 0 Å². The molecule has 0 aromatic heterocycles. The van der Waals surface area contributed by atoms with E-state index in [0.717, 1.165) is 5.56 Å². The van der Waals surface area contributed by atoms with Crippen molar-refractivity contribution in [3.05, 3.63) is 58.1 Å². The van der Waals surface area contributed by atoms with Crippen LogP contribution < -0.4 is 10.1 Å². The largest absolute Gasteiger partial charge is 0.492 e. The molecule has 0 atom stereocenters. The summed E-state index contributed by atoms with van der Waals surface area (Å²) in [6.45, 7) is 2.45. The summed E-state index contributed by atoms with van der Waals surface area (Å²) in [5.74, 6) is 0.572. The molecule has 2 aromatic carbocycles. The van der Waals surface area contributed by atoms with Gasteiger partial charge >= 0.3 is 0 Å². The Morgan fingerprint density at radius 2 is 1.91 bits per heavy atom. The number of ether oxygens (including phenoxy) is 1. The fourth-order valence-corrected chi connectivity index (χ4v) is 2.47. The van der Waals surface area contributed by atoms with Gasteiger partial charge in [-0.25, -0.2) is 0 Å². The van der Waals surface area contributed by atoms with Crippen LogP contribution in [0.25, 0.3) is 0 Å². The standard InChI is InChI=1S/C17H17Cl2NO2/c1-2-22-15-9-4-3-8-14(15)20-16(21)11-10-12-6-5-7-13(18)17(12)19/h3-9H,2,10-11H2,1H3,(H,20,21). The number of carbonyl (C=O) groups is 1. The van der Waals surface area contributed by atoms with Gasteiger partial charge in [-0.1, -0.05) is 47.5 Å². The maximum atomic E-state index is 12.1. The summed E-state index contributed by atoms with van der Waals surface area (Å²) in [7, 11) is 0. The van der Waals surface area contributed by atoms with Crippen molar-refractivity contribution in [2.75, 3.05) is 11.9 Å². The van der Waals surface area contributed by atoms with Crippen LogP contribution in [0.1, 0.15) is 18.9 Å². The van der Waals surface area contributed by atoms with Crippen LogP contribution in [0.2, 0.25) is 10.0 Å². The Labute approximate surface area is 140 Å². The van der Waals surface area contributed by atoms with Gasteiger partial charge in [-0.05, 0) is 37.1 Å². The molecule has 0 saturated heterocycles. The highest BCUT2D eigenvalue weighted by Gasteiger charge is 2.10. The molecule has 0 saturated carbocycles. The third-order valence-electron chi connectivity index (χ3n) is 3.11. The molecule has 0 aliphatic rings. The van der Waals surface area contributed by atoms with Gasteiger partial charge in [0, 0.05) is 6.42 Å². The number of rotatable bonds is 6. The van der Waals surface area contributed by atoms with Gasteiger partial charge < -0.3 is 10.1 Å². The molecule has 0 unspecified atom stereocenters. The highest BCUT2D eigenvalue weighted by atomic mass is 35.5. The second-order valence-corrected chi connectivity index (χ2v) is 5.48. The minimum Gasteiger partial charge on any atom is -0.492 e. The first-order valence-corrected chi connectivity index (χ1v) is 7.82. The number of benzene rings is 2. The van der Waals surface area contributed by atoms with E-state index in [1.54, 1.807) is 6.07 Å². The normalized spacial score (nSPS) is 10.3. The highest BCUT2D eigenvalue weighted by Crippen LogP contribution is 2.27. The number of hydrogen-bond donors (Lipinski definition) is 1. The smallest absolute Gasteiger partial charge is 0.224 e. The average molecular weight is 338 g/mol. The number of nitrogens with one attached hydrogen (secondary N) is 1. The second-order valence-electron chi connectivity index (χ2n) is 4.69. The van der Waals surface area contributed by atoms with Crippen LogP contribution in [0.3, 0.4) is 0 Å². The molecule has 5 heteroatoms. The quantitative estimate of drug-likeness (QED) is 0.808. The van der Waals surface area contributed by atoms with Crippen LogP contribution in [-0.2, 0) is 11.2 Å². The van der Waals surface area contributed by atoms with Crippen molar-refractivity contribution in [3.63, 3.8) is 0 Å². The molecule has 0 spiro atoms. The molecular weight excluding hydrogens is 321 g/mol. The van der Waals surface area contributed by atoms with Crippen LogP contribution in [0.5, 0.6) is 5.75 Å². The number of halogens is 2. The minimum atomic E-state index is -0.0943. The Morgan fingerprint density at radius 1 is 1.14 bits per heavy atom. The fraction of sp³-hybridized carbons (Fsp3) is 0.235. The molecule has 0 radical (unpaired) electrons. The maximum Gasteiger partial charge on any atom is 0.224 e. The Bertz CT molecular complexity index is 659. The number of hydrogen-bond acceptors (Lipinski definition) is 2. The lowest BCUT2D eigenvalue weighted by Gasteiger charge is -2.11. The molecule has 0 bridgehead atoms. The van der Waals surface area contributed by atoms with Gasteiger partial charge in [-0.15, -0.1) is 0 Å². The highest BCUT2D eigenvalue weighted by molar-refractivity contribution is 6.42. The predicted octanol–water partition coefficient (Wildman–Crippen LogP) is 4.96. The van der Waals surface area contributed by atoms with Gasteiger partial charge in [0.1, 0.15) is 5.75 Å². The van der Waals surface area contributed by atoms with Crippen LogP contribution in [0, 0.1) is 0 Å². The van der Waals surface area contributed by atoms with Gasteiger partial charge in [0.25, 0.3) is 0 Å². The lowest BCUT2D eigenvalue weighted by atomic mass is 10.1. The summed E-state index contributed by atoms with van der Waals surface area (Å²) in [5, 5.41) is 3.87. The monoisotopic (exact) mass is 337 g/mol. The Morgan fingerprint density at radius 3 is 2.68 bits per heavy atom. The van der Waals surface area contributed by atoms with E-state index >= 15 is 0 Å². The van der Waals surface area contributed by atoms with E-state index in [1.807, 2.05) is 43.3 Å². The average Bonchev–Trinajstić information content (AvgIpc) is 2.51. The van der Waals surface area contributed by atoms with Gasteiger partial charge in [-0.2, -0.15) is 0 Å². The third-order valence-corrected chi connectivity index (χ3v) is 3.97. The first-order valence-electron chi connectivity index (χ1n) is 7.06. The van der Waals surface area contributed by atoms with E-state index in [9.17, 15) is 4.79 Å². The summed E-state index contributed by atoms with van der Waals surface area (Å²) >= 11 is 12.1. The molecule has 2 aromatic rings. The van der Waals surface area contributed by atoms with Gasteiger partial charge in [0.15, 0.2) is 0 Å². The number of para-hydroxylation sites is 2. The van der Waals surface area contributed by atoms with Crippen molar-refractivity contribution in [1.29, 1.82) is 0 Å². The lowest BCUT2D eigenvalue weighted by molar-refractivity contribution is -0.116. The molecule has 2 rings (SSSR count). The molecule has 22 heavy (non-hydrogen) atoms. The van der Waals surface area contributed by atoms with Crippen LogP contribution in [0.4, 0.5) is 5.69 Å². The molecule has 0 aliphatic carbocycles. The van der Waals surface area contributed by atoms with Crippen molar-refractivity contribution in [1.82, 2.24) is 0 Å². The van der Waals surface area contributed by atoms with E-state index in [-0.39, 0.29) is 5.91 Å². The molecule has 0 aliphatic heterocycles. The number of aryl methyl sites for hydroxylation is 1. The SMILES string of the molecule is CCOc1ccccc1NC(=O)CCc1cccc(Cl)c1Cl. The summed E-state index contributed by atoms with van der Waals surface area (Å²) in [6.07, 6.45) is 0.850. The molecule has 3 nitrogen and oxygen atoms in total. The number of carbonyl (C=O) groups excluding carboxylic acids is 1. The zero-order chi connectivity index (χ0) is 15.9. The van der Waals surface area contributed by atoms with Crippen molar-refractivity contribution < 1.29 is 9.53 Å². The van der Waals surface area contributed by atoms with Crippen LogP contribution in [0.15, 0.2) is 42.5 Å². The van der Waals surface area contributed by atoms with Crippen LogP contribution in [-0.4, -0.2) is 12.5 Å². The number of anilines is 1. The summed E-state index contributed by atoms with van der Waals surface area (Å²) < 4.78 is 5.48. The summed E-state index contributed by atoms with van der Waals surface area (Å²) in [4.78, 5) is 12.1. The van der Waals surface area contributed by atoms with Gasteiger partial charge in [0.05, 0.1) is 22.3 Å². The van der Waals surface area contributed by atoms with Gasteiger partial charge in [0.2, 0.25) is 5.91 Å². The van der Waals surface area contributed by atoms with Crippen molar-refractivity contribution in [2.45, 2.75) is 19.8 Å². The molecule has 1 amide bonds. The molecule has 116 valence electrons. The van der Waals surface area contributed by atoms with E-state index in [4.69, 9.17) is 27.9 Å². The van der Waals surface area contributed by atoms with Crippen molar-refractivity contribution in [2.24, 2.45) is 0 Å². The minimum absolute atomic E-state index is 0.0943. The molecule has 1 N–H and O–H groups in total. The van der Waals surface area contributed by atoms with Crippen molar-refractivity contribution >= 4 is 34.8 Å². The lowest BCUT2D eigenvalue weighted by Crippen LogP contribution is -2.13. The van der Waals surface area contributed by atoms with Gasteiger partial charge in [-0.3, -0.25) is 4.79 Å². The topological polar surface area (TPSA) is 38.3 Å². The molecule has 0 fully saturated rings. The summed E-state index contributed by atoms with van der Waals surface area (Å²) in [6, 6.07) is 12.8. The Balaban J connectivity index is 1.97. The van der Waals surface area contributed by atoms with E-state index in [2.05, 4.69) is 5.32 Å². The van der Waals surface area contributed by atoms with E-state index < -0.39 is 0 Å². The second kappa shape index (κ2) is 8.06. The van der Waals surface area contributed by atoms with E-state index in [0.29, 0.717) is 40.9 Å². The molecular formula is C17H17Cl2NO2. The van der Waals surface area contributed by atoms with Crippen molar-refractivity contribution in [3.8, 4) is 5.75 Å². The number of amides is 1. The first-order chi connectivity index (χ1) is 10.6. The predicted molar refractivity (Wildman–Crippen MR) is 91.0 cm³/mol. The Kier molecular flexibility index (Phi) is 6.10. The fourth-order valence-electron chi connectivity index (χ4n) is 2.05. The first kappa shape index (κ1) is 16.7. The molecule has 0 heterocycles. The summed E-state index contributed by atoms with van der Waals surface area (Å²) in [5.41, 5.74) is 1.54. The Hall–Kier alpha value is -1.71. The zero-order valence-corrected chi connectivity index (χ0v) is 13.7. The third kappa shape index (κ3) is 4.39.